The summed E-state index contributed by atoms with van der Waals surface area (Å²) in [6, 6.07) is 17.0. The molecule has 4 nitrogen and oxygen atoms in total. The van der Waals surface area contributed by atoms with Crippen molar-refractivity contribution in [1.29, 1.82) is 0 Å². The largest absolute Gasteiger partial charge is 0.347 e. The molecular weight excluding hydrogens is 358 g/mol. The van der Waals surface area contributed by atoms with Crippen molar-refractivity contribution in [2.24, 2.45) is 7.05 Å². The molecule has 0 spiro atoms. The minimum absolute atomic E-state index is 0.112. The van der Waals surface area contributed by atoms with Crippen molar-refractivity contribution in [3.05, 3.63) is 71.4 Å². The van der Waals surface area contributed by atoms with E-state index >= 15 is 0 Å². The zero-order chi connectivity index (χ0) is 20.4. The van der Waals surface area contributed by atoms with Crippen LogP contribution in [0.3, 0.4) is 0 Å². The van der Waals surface area contributed by atoms with E-state index < -0.39 is 5.66 Å². The highest BCUT2D eigenvalue weighted by molar-refractivity contribution is 5.92. The van der Waals surface area contributed by atoms with Gasteiger partial charge in [-0.15, -0.1) is 0 Å². The Morgan fingerprint density at radius 2 is 1.79 bits per heavy atom. The molecule has 5 rings (SSSR count). The van der Waals surface area contributed by atoms with E-state index in [1.165, 1.54) is 33.4 Å². The number of nitrogens with one attached hydrogen (secondary N) is 1. The molecule has 1 aromatic heterocycles. The maximum atomic E-state index is 12.6. The molecule has 29 heavy (non-hydrogen) atoms. The van der Waals surface area contributed by atoms with Crippen LogP contribution < -0.4 is 10.2 Å². The van der Waals surface area contributed by atoms with Crippen LogP contribution in [0.15, 0.2) is 54.6 Å². The fraction of sp³-hybridized carbons (Fsp3) is 0.320. The van der Waals surface area contributed by atoms with Gasteiger partial charge < -0.3 is 14.8 Å². The molecule has 0 aliphatic carbocycles. The van der Waals surface area contributed by atoms with Gasteiger partial charge in [0.2, 0.25) is 5.91 Å². The average molecular weight is 386 g/mol. The van der Waals surface area contributed by atoms with Gasteiger partial charge in [-0.1, -0.05) is 56.3 Å². The molecule has 1 amide bonds. The third-order valence-corrected chi connectivity index (χ3v) is 7.08. The van der Waals surface area contributed by atoms with Gasteiger partial charge in [-0.05, 0) is 30.7 Å². The van der Waals surface area contributed by atoms with Crippen molar-refractivity contribution in [3.8, 4) is 0 Å². The van der Waals surface area contributed by atoms with Gasteiger partial charge in [0.1, 0.15) is 5.66 Å². The molecule has 0 saturated carbocycles. The number of benzene rings is 2. The van der Waals surface area contributed by atoms with Crippen LogP contribution in [0.2, 0.25) is 0 Å². The summed E-state index contributed by atoms with van der Waals surface area (Å²) in [7, 11) is 2.11. The highest BCUT2D eigenvalue weighted by Crippen LogP contribution is 2.52. The van der Waals surface area contributed by atoms with Crippen LogP contribution in [-0.2, 0) is 17.3 Å². The molecule has 148 valence electrons. The van der Waals surface area contributed by atoms with Gasteiger partial charge >= 0.3 is 0 Å². The molecule has 2 aliphatic rings. The Labute approximate surface area is 171 Å². The molecular formula is C25H27N3O. The summed E-state index contributed by atoms with van der Waals surface area (Å²) >= 11 is 0. The summed E-state index contributed by atoms with van der Waals surface area (Å²) < 4.78 is 2.23. The number of carbonyl (C=O) groups excluding carboxylic acids is 1. The number of anilines is 1. The molecule has 1 saturated heterocycles. The number of amides is 1. The SMILES string of the molecule is Cc1c(C=CC23NC(=O)CCN2c2ccccc2C3(C)C)c2ccccc2n1C. The van der Waals surface area contributed by atoms with Crippen LogP contribution in [0.25, 0.3) is 17.0 Å². The Morgan fingerprint density at radius 3 is 2.62 bits per heavy atom. The normalized spacial score (nSPS) is 22.8. The standard InChI is InChI=1S/C25H27N3O/c1-17-18(19-9-5-7-11-21(19)27(17)4)13-15-25-24(2,3)20-10-6-8-12-22(20)28(25)16-14-23(29)26-25/h5-13,15H,14,16H2,1-4H3,(H,26,29). The van der Waals surface area contributed by atoms with Crippen LogP contribution in [0, 0.1) is 6.92 Å². The van der Waals surface area contributed by atoms with E-state index in [1.54, 1.807) is 0 Å². The second kappa shape index (κ2) is 5.99. The van der Waals surface area contributed by atoms with Crippen LogP contribution in [0.4, 0.5) is 5.69 Å². The number of carbonyl (C=O) groups is 1. The van der Waals surface area contributed by atoms with Crippen molar-refractivity contribution in [2.75, 3.05) is 11.4 Å². The zero-order valence-corrected chi connectivity index (χ0v) is 17.5. The number of rotatable bonds is 2. The van der Waals surface area contributed by atoms with Crippen molar-refractivity contribution >= 4 is 28.6 Å². The van der Waals surface area contributed by atoms with Gasteiger partial charge in [0, 0.05) is 53.3 Å². The van der Waals surface area contributed by atoms with Gasteiger partial charge in [0.25, 0.3) is 0 Å². The molecule has 1 N–H and O–H groups in total. The number of aryl methyl sites for hydroxylation is 1. The highest BCUT2D eigenvalue weighted by atomic mass is 16.2. The summed E-state index contributed by atoms with van der Waals surface area (Å²) in [5.41, 5.74) is 5.33. The van der Waals surface area contributed by atoms with E-state index in [2.05, 4.69) is 103 Å². The average Bonchev–Trinajstić information content (AvgIpc) is 3.07. The summed E-state index contributed by atoms with van der Waals surface area (Å²) in [6.07, 6.45) is 4.95. The molecule has 1 fully saturated rings. The lowest BCUT2D eigenvalue weighted by Crippen LogP contribution is -2.68. The predicted molar refractivity (Wildman–Crippen MR) is 119 cm³/mol. The van der Waals surface area contributed by atoms with Crippen LogP contribution in [-0.4, -0.2) is 22.7 Å². The maximum Gasteiger partial charge on any atom is 0.223 e. The Kier molecular flexibility index (Phi) is 3.73. The molecule has 0 radical (unpaired) electrons. The Morgan fingerprint density at radius 1 is 1.07 bits per heavy atom. The second-order valence-electron chi connectivity index (χ2n) is 8.77. The molecule has 1 unspecified atom stereocenters. The smallest absolute Gasteiger partial charge is 0.223 e. The lowest BCUT2D eigenvalue weighted by Gasteiger charge is -2.49. The van der Waals surface area contributed by atoms with Crippen molar-refractivity contribution in [2.45, 2.75) is 38.3 Å². The van der Waals surface area contributed by atoms with Gasteiger partial charge in [0.15, 0.2) is 0 Å². The molecule has 1 atom stereocenters. The summed E-state index contributed by atoms with van der Waals surface area (Å²) in [5, 5.41) is 4.61. The minimum Gasteiger partial charge on any atom is -0.347 e. The van der Waals surface area contributed by atoms with Gasteiger partial charge in [-0.3, -0.25) is 4.79 Å². The minimum atomic E-state index is -0.574. The molecule has 3 aromatic rings. The number of para-hydroxylation sites is 2. The lowest BCUT2D eigenvalue weighted by molar-refractivity contribution is -0.124. The van der Waals surface area contributed by atoms with Gasteiger partial charge in [0.05, 0.1) is 0 Å². The van der Waals surface area contributed by atoms with Crippen LogP contribution >= 0.6 is 0 Å². The Balaban J connectivity index is 1.70. The third-order valence-electron chi connectivity index (χ3n) is 7.08. The van der Waals surface area contributed by atoms with E-state index in [0.717, 1.165) is 6.54 Å². The number of fused-ring (bicyclic) bond motifs is 4. The predicted octanol–water partition coefficient (Wildman–Crippen LogP) is 4.51. The first-order chi connectivity index (χ1) is 13.9. The summed E-state index contributed by atoms with van der Waals surface area (Å²) in [6.45, 7) is 7.35. The molecule has 0 bridgehead atoms. The summed E-state index contributed by atoms with van der Waals surface area (Å²) in [5.74, 6) is 0.112. The van der Waals surface area contributed by atoms with Crippen LogP contribution in [0.5, 0.6) is 0 Å². The Bertz CT molecular complexity index is 1170. The van der Waals surface area contributed by atoms with Gasteiger partial charge in [-0.25, -0.2) is 0 Å². The number of hydrogen-bond donors (Lipinski definition) is 1. The quantitative estimate of drug-likeness (QED) is 0.705. The fourth-order valence-corrected chi connectivity index (χ4v) is 5.28. The number of aromatic nitrogens is 1. The van der Waals surface area contributed by atoms with E-state index in [-0.39, 0.29) is 11.3 Å². The Hall–Kier alpha value is -3.01. The van der Waals surface area contributed by atoms with Crippen molar-refractivity contribution < 1.29 is 4.79 Å². The third kappa shape index (κ3) is 2.29. The topological polar surface area (TPSA) is 37.3 Å². The zero-order valence-electron chi connectivity index (χ0n) is 17.5. The number of nitrogens with zero attached hydrogens (tertiary/aromatic N) is 2. The van der Waals surface area contributed by atoms with E-state index in [4.69, 9.17) is 0 Å². The maximum absolute atomic E-state index is 12.6. The van der Waals surface area contributed by atoms with E-state index in [0.29, 0.717) is 6.42 Å². The van der Waals surface area contributed by atoms with E-state index in [9.17, 15) is 4.79 Å². The van der Waals surface area contributed by atoms with E-state index in [1.807, 2.05) is 0 Å². The molecule has 2 aliphatic heterocycles. The number of hydrogen-bond acceptors (Lipinski definition) is 2. The summed E-state index contributed by atoms with van der Waals surface area (Å²) in [4.78, 5) is 14.9. The lowest BCUT2D eigenvalue weighted by atomic mass is 9.74. The monoisotopic (exact) mass is 385 g/mol. The molecule has 3 heterocycles. The first-order valence-electron chi connectivity index (χ1n) is 10.3. The first kappa shape index (κ1) is 18.0. The molecule has 4 heteroatoms. The van der Waals surface area contributed by atoms with Crippen molar-refractivity contribution in [3.63, 3.8) is 0 Å². The fourth-order valence-electron chi connectivity index (χ4n) is 5.28. The van der Waals surface area contributed by atoms with Crippen LogP contribution in [0.1, 0.15) is 37.1 Å². The van der Waals surface area contributed by atoms with Gasteiger partial charge in [-0.2, -0.15) is 0 Å². The highest BCUT2D eigenvalue weighted by Gasteiger charge is 2.57. The second-order valence-corrected chi connectivity index (χ2v) is 8.77. The van der Waals surface area contributed by atoms with Crippen molar-refractivity contribution in [1.82, 2.24) is 9.88 Å². The molecule has 2 aromatic carbocycles. The first-order valence-corrected chi connectivity index (χ1v) is 10.3.